The van der Waals surface area contributed by atoms with Crippen molar-refractivity contribution in [3.63, 3.8) is 0 Å². The van der Waals surface area contributed by atoms with Crippen molar-refractivity contribution >= 4 is 5.91 Å². The lowest BCUT2D eigenvalue weighted by atomic mass is 10.2. The third kappa shape index (κ3) is 3.41. The van der Waals surface area contributed by atoms with E-state index in [0.717, 1.165) is 11.3 Å². The fourth-order valence-corrected chi connectivity index (χ4v) is 2.98. The van der Waals surface area contributed by atoms with Gasteiger partial charge in [-0.2, -0.15) is 5.10 Å². The molecule has 9 heteroatoms. The van der Waals surface area contributed by atoms with Gasteiger partial charge in [0, 0.05) is 44.2 Å². The smallest absolute Gasteiger partial charge is 0.274 e. The predicted octanol–water partition coefficient (Wildman–Crippen LogP) is 1.15. The molecular weight excluding hydrogens is 348 g/mol. The van der Waals surface area contributed by atoms with Crippen LogP contribution >= 0.6 is 0 Å². The molecule has 9 nitrogen and oxygen atoms in total. The van der Waals surface area contributed by atoms with E-state index in [1.54, 1.807) is 27.8 Å². The number of carbonyl (C=O) groups excluding carboxylic acids is 1. The van der Waals surface area contributed by atoms with E-state index in [9.17, 15) is 4.79 Å². The summed E-state index contributed by atoms with van der Waals surface area (Å²) in [6.07, 6.45) is 3.91. The summed E-state index contributed by atoms with van der Waals surface area (Å²) in [5, 5.41) is 12.7. The quantitative estimate of drug-likeness (QED) is 0.687. The zero-order chi connectivity index (χ0) is 18.8. The molecule has 0 atom stereocenters. The Morgan fingerprint density at radius 3 is 2.63 bits per heavy atom. The van der Waals surface area contributed by atoms with E-state index in [2.05, 4.69) is 15.3 Å². The third-order valence-corrected chi connectivity index (χ3v) is 4.41. The van der Waals surface area contributed by atoms with Crippen LogP contribution in [-0.2, 0) is 11.8 Å². The molecule has 1 amide bonds. The summed E-state index contributed by atoms with van der Waals surface area (Å²) in [4.78, 5) is 14.6. The maximum atomic E-state index is 12.9. The Kier molecular flexibility index (Phi) is 4.59. The topological polar surface area (TPSA) is 87.3 Å². The van der Waals surface area contributed by atoms with Crippen molar-refractivity contribution in [2.45, 2.75) is 0 Å². The molecule has 1 aliphatic rings. The van der Waals surface area contributed by atoms with Crippen molar-refractivity contribution in [2.75, 3.05) is 33.4 Å². The van der Waals surface area contributed by atoms with Crippen LogP contribution in [-0.4, -0.2) is 68.8 Å². The molecule has 3 aromatic heterocycles. The molecule has 0 spiro atoms. The number of hydrogen-bond acceptors (Lipinski definition) is 6. The van der Waals surface area contributed by atoms with Crippen molar-refractivity contribution in [3.05, 3.63) is 42.4 Å². The number of rotatable bonds is 4. The predicted molar refractivity (Wildman–Crippen MR) is 96.8 cm³/mol. The maximum absolute atomic E-state index is 12.9. The van der Waals surface area contributed by atoms with Crippen LogP contribution in [0.4, 0.5) is 0 Å². The van der Waals surface area contributed by atoms with E-state index >= 15 is 0 Å². The van der Waals surface area contributed by atoms with Gasteiger partial charge in [0.05, 0.1) is 26.0 Å². The second-order valence-electron chi connectivity index (χ2n) is 6.23. The Morgan fingerprint density at radius 1 is 1.19 bits per heavy atom. The van der Waals surface area contributed by atoms with Gasteiger partial charge in [-0.1, -0.05) is 0 Å². The van der Waals surface area contributed by atoms with Crippen LogP contribution in [0.25, 0.3) is 17.1 Å². The highest BCUT2D eigenvalue weighted by atomic mass is 16.5. The molecule has 1 fully saturated rings. The van der Waals surface area contributed by atoms with Crippen LogP contribution in [0.15, 0.2) is 36.7 Å². The van der Waals surface area contributed by atoms with Crippen molar-refractivity contribution in [1.82, 2.24) is 29.4 Å². The minimum Gasteiger partial charge on any atom is -0.480 e. The molecule has 0 unspecified atom stereocenters. The number of morpholine rings is 1. The highest BCUT2D eigenvalue weighted by Crippen LogP contribution is 2.24. The first kappa shape index (κ1) is 17.2. The van der Waals surface area contributed by atoms with E-state index in [4.69, 9.17) is 9.47 Å². The first-order valence-corrected chi connectivity index (χ1v) is 8.63. The van der Waals surface area contributed by atoms with Crippen LogP contribution < -0.4 is 4.74 Å². The zero-order valence-corrected chi connectivity index (χ0v) is 15.2. The summed E-state index contributed by atoms with van der Waals surface area (Å²) in [6, 6.07) is 7.23. The number of carbonyl (C=O) groups is 1. The fraction of sp³-hybridized carbons (Fsp3) is 0.333. The largest absolute Gasteiger partial charge is 0.480 e. The standard InChI is InChI=1S/C18H20N6O3/c1-22-6-5-13(12-22)15-11-14(18(25)23-7-9-27-10-8-23)21-24(15)16-3-4-17(26-2)20-19-16/h3-6,11-12H,7-10H2,1-2H3. The number of nitrogens with zero attached hydrogens (tertiary/aromatic N) is 6. The van der Waals surface area contributed by atoms with Crippen LogP contribution in [0.1, 0.15) is 10.5 Å². The number of aryl methyl sites for hydroxylation is 1. The van der Waals surface area contributed by atoms with E-state index in [1.807, 2.05) is 30.1 Å². The van der Waals surface area contributed by atoms with Crippen LogP contribution in [0, 0.1) is 0 Å². The van der Waals surface area contributed by atoms with Crippen molar-refractivity contribution < 1.29 is 14.3 Å². The van der Waals surface area contributed by atoms with Gasteiger partial charge in [-0.15, -0.1) is 10.2 Å². The minimum atomic E-state index is -0.115. The minimum absolute atomic E-state index is 0.115. The average Bonchev–Trinajstić information content (AvgIpc) is 3.34. The molecule has 0 aliphatic carbocycles. The molecule has 1 saturated heterocycles. The molecule has 27 heavy (non-hydrogen) atoms. The summed E-state index contributed by atoms with van der Waals surface area (Å²) in [5.41, 5.74) is 2.07. The zero-order valence-electron chi connectivity index (χ0n) is 15.2. The van der Waals surface area contributed by atoms with Gasteiger partial charge >= 0.3 is 0 Å². The number of ether oxygens (including phenoxy) is 2. The van der Waals surface area contributed by atoms with Gasteiger partial charge in [0.1, 0.15) is 0 Å². The monoisotopic (exact) mass is 368 g/mol. The van der Waals surface area contributed by atoms with E-state index in [1.165, 1.54) is 7.11 Å². The van der Waals surface area contributed by atoms with Crippen molar-refractivity contribution in [3.8, 4) is 23.0 Å². The second kappa shape index (κ2) is 7.20. The van der Waals surface area contributed by atoms with Gasteiger partial charge < -0.3 is 18.9 Å². The van der Waals surface area contributed by atoms with Gasteiger partial charge in [-0.25, -0.2) is 4.68 Å². The molecule has 0 aromatic carbocycles. The molecular formula is C18H20N6O3. The van der Waals surface area contributed by atoms with Crippen LogP contribution in [0.2, 0.25) is 0 Å². The lowest BCUT2D eigenvalue weighted by Crippen LogP contribution is -2.40. The molecule has 1 aliphatic heterocycles. The highest BCUT2D eigenvalue weighted by Gasteiger charge is 2.24. The van der Waals surface area contributed by atoms with Gasteiger partial charge in [0.25, 0.3) is 5.91 Å². The lowest BCUT2D eigenvalue weighted by molar-refractivity contribution is 0.0298. The number of amides is 1. The molecule has 0 bridgehead atoms. The third-order valence-electron chi connectivity index (χ3n) is 4.41. The SMILES string of the molecule is COc1ccc(-n2nc(C(=O)N3CCOCC3)cc2-c2ccn(C)c2)nn1. The Labute approximate surface area is 156 Å². The molecule has 0 N–H and O–H groups in total. The molecule has 3 aromatic rings. The molecule has 140 valence electrons. The van der Waals surface area contributed by atoms with Gasteiger partial charge in [-0.05, 0) is 18.2 Å². The summed E-state index contributed by atoms with van der Waals surface area (Å²) in [5.74, 6) is 0.808. The normalized spacial score (nSPS) is 14.4. The average molecular weight is 368 g/mol. The number of aromatic nitrogens is 5. The molecule has 0 saturated carbocycles. The Morgan fingerprint density at radius 2 is 2.00 bits per heavy atom. The number of methoxy groups -OCH3 is 1. The van der Waals surface area contributed by atoms with Crippen molar-refractivity contribution in [2.24, 2.45) is 7.05 Å². The Balaban J connectivity index is 1.75. The Bertz CT molecular complexity index is 940. The van der Waals surface area contributed by atoms with Crippen LogP contribution in [0.3, 0.4) is 0 Å². The summed E-state index contributed by atoms with van der Waals surface area (Å²) in [6.45, 7) is 2.22. The van der Waals surface area contributed by atoms with Gasteiger partial charge in [0.15, 0.2) is 11.5 Å². The van der Waals surface area contributed by atoms with Gasteiger partial charge in [0.2, 0.25) is 5.88 Å². The first-order valence-electron chi connectivity index (χ1n) is 8.63. The van der Waals surface area contributed by atoms with E-state index in [0.29, 0.717) is 43.7 Å². The fourth-order valence-electron chi connectivity index (χ4n) is 2.98. The highest BCUT2D eigenvalue weighted by molar-refractivity contribution is 5.93. The van der Waals surface area contributed by atoms with Crippen molar-refractivity contribution in [1.29, 1.82) is 0 Å². The van der Waals surface area contributed by atoms with E-state index < -0.39 is 0 Å². The summed E-state index contributed by atoms with van der Waals surface area (Å²) < 4.78 is 14.0. The first-order chi connectivity index (χ1) is 13.2. The molecule has 4 rings (SSSR count). The van der Waals surface area contributed by atoms with Gasteiger partial charge in [-0.3, -0.25) is 4.79 Å². The van der Waals surface area contributed by atoms with E-state index in [-0.39, 0.29) is 5.91 Å². The lowest BCUT2D eigenvalue weighted by Gasteiger charge is -2.25. The second-order valence-corrected chi connectivity index (χ2v) is 6.23. The molecule has 0 radical (unpaired) electrons. The maximum Gasteiger partial charge on any atom is 0.274 e. The summed E-state index contributed by atoms with van der Waals surface area (Å²) in [7, 11) is 3.48. The summed E-state index contributed by atoms with van der Waals surface area (Å²) >= 11 is 0. The Hall–Kier alpha value is -3.20. The molecule has 4 heterocycles. The van der Waals surface area contributed by atoms with Crippen LogP contribution in [0.5, 0.6) is 5.88 Å². The number of hydrogen-bond donors (Lipinski definition) is 0.